The summed E-state index contributed by atoms with van der Waals surface area (Å²) in [6.07, 6.45) is 1.93. The standard InChI is InChI=1S/C52H30O2.C13H12/c1-3-16-47-41(10-1)45-14-6-12-39(51(45)53-47)32-20-18-31(19-21-32)37-26-22-33-25-29-44-38(27-23-34-24-28-43(37)49(33)50(34)44)35-8-5-9-36(30-35)40-13-7-15-46-42-11-2-4-17-48(42)54-52(40)46;1-3-12-10(2)8-9-11-6-4-5-7-13(11)12/h1-30H;3-9H,1H2,2H3. The number of hydrogen-bond donors (Lipinski definition) is 0. The molecule has 14 rings (SSSR count). The van der Waals surface area contributed by atoms with Gasteiger partial charge in [0, 0.05) is 32.7 Å². The molecular weight excluding hydrogens is 813 g/mol. The Labute approximate surface area is 387 Å². The lowest BCUT2D eigenvalue weighted by Gasteiger charge is -2.17. The number of hydrogen-bond acceptors (Lipinski definition) is 2. The maximum Gasteiger partial charge on any atom is 0.143 e. The van der Waals surface area contributed by atoms with Crippen LogP contribution in [0.25, 0.3) is 138 Å². The average Bonchev–Trinajstić information content (AvgIpc) is 3.97. The smallest absolute Gasteiger partial charge is 0.143 e. The predicted molar refractivity (Wildman–Crippen MR) is 285 cm³/mol. The highest BCUT2D eigenvalue weighted by molar-refractivity contribution is 6.27. The summed E-state index contributed by atoms with van der Waals surface area (Å²) in [6.45, 7) is 5.96. The number of benzene rings is 12. The van der Waals surface area contributed by atoms with Crippen molar-refractivity contribution in [1.82, 2.24) is 0 Å². The van der Waals surface area contributed by atoms with Crippen LogP contribution in [0.3, 0.4) is 0 Å². The van der Waals surface area contributed by atoms with E-state index in [0.717, 1.165) is 66.1 Å². The Morgan fingerprint density at radius 2 is 0.776 bits per heavy atom. The molecule has 67 heavy (non-hydrogen) atoms. The molecule has 314 valence electrons. The van der Waals surface area contributed by atoms with Crippen LogP contribution in [0.4, 0.5) is 0 Å². The van der Waals surface area contributed by atoms with E-state index in [-0.39, 0.29) is 0 Å². The highest BCUT2D eigenvalue weighted by atomic mass is 16.3. The molecule has 0 amide bonds. The van der Waals surface area contributed by atoms with Crippen molar-refractivity contribution in [2.45, 2.75) is 6.92 Å². The van der Waals surface area contributed by atoms with Crippen molar-refractivity contribution in [3.05, 3.63) is 236 Å². The van der Waals surface area contributed by atoms with Gasteiger partial charge < -0.3 is 8.83 Å². The van der Waals surface area contributed by atoms with Gasteiger partial charge in [-0.25, -0.2) is 0 Å². The molecule has 0 aliphatic rings. The Kier molecular flexibility index (Phi) is 8.94. The maximum atomic E-state index is 6.43. The monoisotopic (exact) mass is 854 g/mol. The molecule has 0 unspecified atom stereocenters. The number of rotatable bonds is 5. The molecule has 0 bridgehead atoms. The van der Waals surface area contributed by atoms with Crippen molar-refractivity contribution < 1.29 is 8.83 Å². The largest absolute Gasteiger partial charge is 0.455 e. The Balaban J connectivity index is 0.000000297. The number of furan rings is 2. The van der Waals surface area contributed by atoms with Crippen LogP contribution < -0.4 is 0 Å². The lowest BCUT2D eigenvalue weighted by Crippen LogP contribution is -1.90. The van der Waals surface area contributed by atoms with Gasteiger partial charge in [0.1, 0.15) is 22.3 Å². The fourth-order valence-electron chi connectivity index (χ4n) is 10.6. The van der Waals surface area contributed by atoms with Crippen molar-refractivity contribution in [2.75, 3.05) is 0 Å². The van der Waals surface area contributed by atoms with Gasteiger partial charge in [0.05, 0.1) is 0 Å². The van der Waals surface area contributed by atoms with Crippen molar-refractivity contribution in [3.8, 4) is 44.5 Å². The van der Waals surface area contributed by atoms with Crippen LogP contribution in [-0.4, -0.2) is 0 Å². The van der Waals surface area contributed by atoms with Gasteiger partial charge in [-0.2, -0.15) is 0 Å². The number of fused-ring (bicyclic) bond motifs is 7. The number of para-hydroxylation sites is 4. The van der Waals surface area contributed by atoms with Gasteiger partial charge >= 0.3 is 0 Å². The van der Waals surface area contributed by atoms with E-state index in [2.05, 4.69) is 208 Å². The minimum Gasteiger partial charge on any atom is -0.455 e. The SMILES string of the molecule is C=Cc1c(C)ccc2ccccc12.c1cc(-c2ccc3ccc4c(-c5ccc(-c6cccc7c6oc6ccccc67)cc5)ccc5ccc2c3c54)cc(-c2cccc3c2oc2ccccc23)c1. The Hall–Kier alpha value is -8.72. The summed E-state index contributed by atoms with van der Waals surface area (Å²) < 4.78 is 12.8. The fraction of sp³-hybridized carbons (Fsp3) is 0.0154. The molecule has 0 radical (unpaired) electrons. The summed E-state index contributed by atoms with van der Waals surface area (Å²) in [5.41, 5.74) is 15.6. The second kappa shape index (κ2) is 15.5. The molecular formula is C65H42O2. The van der Waals surface area contributed by atoms with E-state index in [1.807, 2.05) is 30.3 Å². The molecule has 2 heterocycles. The Morgan fingerprint density at radius 3 is 1.37 bits per heavy atom. The summed E-state index contributed by atoms with van der Waals surface area (Å²) in [4.78, 5) is 0. The topological polar surface area (TPSA) is 26.3 Å². The maximum absolute atomic E-state index is 6.43. The molecule has 2 nitrogen and oxygen atoms in total. The third kappa shape index (κ3) is 6.26. The quantitative estimate of drug-likeness (QED) is 0.161. The van der Waals surface area contributed by atoms with Crippen LogP contribution in [0.1, 0.15) is 11.1 Å². The minimum absolute atomic E-state index is 0.915. The van der Waals surface area contributed by atoms with Gasteiger partial charge in [-0.05, 0) is 113 Å². The molecule has 12 aromatic carbocycles. The first-order chi connectivity index (χ1) is 33.1. The molecule has 0 atom stereocenters. The van der Waals surface area contributed by atoms with Gasteiger partial charge in [0.15, 0.2) is 0 Å². The second-order valence-electron chi connectivity index (χ2n) is 17.6. The Morgan fingerprint density at radius 1 is 0.328 bits per heavy atom. The summed E-state index contributed by atoms with van der Waals surface area (Å²) in [5.74, 6) is 0. The molecule has 0 spiro atoms. The van der Waals surface area contributed by atoms with Gasteiger partial charge in [-0.15, -0.1) is 0 Å². The van der Waals surface area contributed by atoms with Crippen molar-refractivity contribution in [1.29, 1.82) is 0 Å². The highest BCUT2D eigenvalue weighted by Crippen LogP contribution is 2.44. The lowest BCUT2D eigenvalue weighted by atomic mass is 9.86. The van der Waals surface area contributed by atoms with E-state index in [9.17, 15) is 0 Å². The van der Waals surface area contributed by atoms with Crippen LogP contribution >= 0.6 is 0 Å². The molecule has 2 aromatic heterocycles. The summed E-state index contributed by atoms with van der Waals surface area (Å²) in [6, 6.07) is 78.3. The number of aryl methyl sites for hydroxylation is 1. The minimum atomic E-state index is 0.915. The van der Waals surface area contributed by atoms with E-state index in [0.29, 0.717) is 0 Å². The first-order valence-electron chi connectivity index (χ1n) is 22.9. The van der Waals surface area contributed by atoms with Gasteiger partial charge in [0.25, 0.3) is 0 Å². The van der Waals surface area contributed by atoms with E-state index in [1.165, 1.54) is 76.5 Å². The summed E-state index contributed by atoms with van der Waals surface area (Å²) >= 11 is 0. The van der Waals surface area contributed by atoms with Crippen LogP contribution in [0.15, 0.2) is 234 Å². The third-order valence-electron chi connectivity index (χ3n) is 13.9. The normalized spacial score (nSPS) is 11.7. The molecule has 14 aromatic rings. The van der Waals surface area contributed by atoms with E-state index < -0.39 is 0 Å². The van der Waals surface area contributed by atoms with Gasteiger partial charge in [-0.1, -0.05) is 213 Å². The molecule has 0 fully saturated rings. The third-order valence-corrected chi connectivity index (χ3v) is 13.9. The van der Waals surface area contributed by atoms with Gasteiger partial charge in [-0.3, -0.25) is 0 Å². The average molecular weight is 855 g/mol. The molecule has 0 aliphatic carbocycles. The molecule has 0 N–H and O–H groups in total. The van der Waals surface area contributed by atoms with Crippen LogP contribution in [0.2, 0.25) is 0 Å². The highest BCUT2D eigenvalue weighted by Gasteiger charge is 2.18. The first kappa shape index (κ1) is 38.7. The molecule has 0 aliphatic heterocycles. The fourth-order valence-corrected chi connectivity index (χ4v) is 10.6. The zero-order valence-corrected chi connectivity index (χ0v) is 36.9. The van der Waals surface area contributed by atoms with Crippen molar-refractivity contribution in [3.63, 3.8) is 0 Å². The zero-order chi connectivity index (χ0) is 44.6. The predicted octanol–water partition coefficient (Wildman–Crippen LogP) is 18.8. The van der Waals surface area contributed by atoms with Gasteiger partial charge in [0.2, 0.25) is 0 Å². The molecule has 2 heteroatoms. The van der Waals surface area contributed by atoms with Crippen LogP contribution in [0, 0.1) is 6.92 Å². The van der Waals surface area contributed by atoms with E-state index >= 15 is 0 Å². The summed E-state index contributed by atoms with van der Waals surface area (Å²) in [7, 11) is 0. The van der Waals surface area contributed by atoms with E-state index in [1.54, 1.807) is 0 Å². The first-order valence-corrected chi connectivity index (χ1v) is 22.9. The molecule has 0 saturated heterocycles. The van der Waals surface area contributed by atoms with Crippen LogP contribution in [-0.2, 0) is 0 Å². The van der Waals surface area contributed by atoms with Crippen LogP contribution in [0.5, 0.6) is 0 Å². The van der Waals surface area contributed by atoms with Crippen molar-refractivity contribution >= 4 is 93.0 Å². The Bertz CT molecular complexity index is 4240. The van der Waals surface area contributed by atoms with E-state index in [4.69, 9.17) is 8.83 Å². The molecule has 0 saturated carbocycles. The van der Waals surface area contributed by atoms with Crippen molar-refractivity contribution in [2.24, 2.45) is 0 Å². The zero-order valence-electron chi connectivity index (χ0n) is 36.9. The lowest BCUT2D eigenvalue weighted by molar-refractivity contribution is 0.669. The summed E-state index contributed by atoms with van der Waals surface area (Å²) in [5, 5.41) is 14.8. The second-order valence-corrected chi connectivity index (χ2v) is 17.6.